The third-order valence-electron chi connectivity index (χ3n) is 2.13. The zero-order valence-electron chi connectivity index (χ0n) is 8.93. The van der Waals surface area contributed by atoms with E-state index in [0.717, 1.165) is 0 Å². The summed E-state index contributed by atoms with van der Waals surface area (Å²) in [5.74, 6) is -1.82. The molecule has 2 rings (SSSR count). The summed E-state index contributed by atoms with van der Waals surface area (Å²) in [6.07, 6.45) is 2.55. The van der Waals surface area contributed by atoms with Crippen LogP contribution in [-0.4, -0.2) is 16.1 Å². The number of carboxylic acid groups (broad SMARTS) is 1. The first-order valence-electron chi connectivity index (χ1n) is 4.88. The molecule has 0 saturated heterocycles. The van der Waals surface area contributed by atoms with Gasteiger partial charge in [0.15, 0.2) is 17.3 Å². The maximum atomic E-state index is 13.5. The summed E-state index contributed by atoms with van der Waals surface area (Å²) in [4.78, 5) is 14.7. The lowest BCUT2D eigenvalue weighted by molar-refractivity contribution is 0.0694. The van der Waals surface area contributed by atoms with E-state index in [-0.39, 0.29) is 17.1 Å². The molecule has 0 amide bonds. The number of aromatic carboxylic acids is 1. The van der Waals surface area contributed by atoms with Crippen LogP contribution in [0.25, 0.3) is 0 Å². The predicted molar refractivity (Wildman–Crippen MR) is 65.4 cm³/mol. The molecule has 0 aliphatic rings. The summed E-state index contributed by atoms with van der Waals surface area (Å²) in [7, 11) is 0. The highest BCUT2D eigenvalue weighted by atomic mass is 79.9. The van der Waals surface area contributed by atoms with Gasteiger partial charge < -0.3 is 9.84 Å². The minimum atomic E-state index is -1.16. The molecule has 92 valence electrons. The highest BCUT2D eigenvalue weighted by molar-refractivity contribution is 9.10. The Hall–Kier alpha value is -1.95. The number of ether oxygens (including phenoxy) is 1. The lowest BCUT2D eigenvalue weighted by Gasteiger charge is -2.08. The Balaban J connectivity index is 2.37. The molecule has 0 aliphatic carbocycles. The average molecular weight is 312 g/mol. The third-order valence-corrected chi connectivity index (χ3v) is 2.62. The molecule has 0 radical (unpaired) electrons. The predicted octanol–water partition coefficient (Wildman–Crippen LogP) is 3.47. The summed E-state index contributed by atoms with van der Waals surface area (Å²) in [6, 6.07) is 5.51. The van der Waals surface area contributed by atoms with Crippen LogP contribution in [0.2, 0.25) is 0 Å². The third kappa shape index (κ3) is 2.65. The molecule has 4 nitrogen and oxygen atoms in total. The minimum absolute atomic E-state index is 0.00813. The summed E-state index contributed by atoms with van der Waals surface area (Å²) in [5.41, 5.74) is -0.0766. The second-order valence-corrected chi connectivity index (χ2v) is 4.27. The monoisotopic (exact) mass is 311 g/mol. The number of hydrogen-bond acceptors (Lipinski definition) is 3. The molecule has 2 aromatic rings. The Morgan fingerprint density at radius 2 is 2.11 bits per heavy atom. The van der Waals surface area contributed by atoms with E-state index in [1.165, 1.54) is 30.6 Å². The van der Waals surface area contributed by atoms with Gasteiger partial charge in [-0.3, -0.25) is 4.98 Å². The van der Waals surface area contributed by atoms with E-state index in [9.17, 15) is 9.18 Å². The number of hydrogen-bond donors (Lipinski definition) is 1. The van der Waals surface area contributed by atoms with E-state index in [1.807, 2.05) is 0 Å². The molecule has 0 atom stereocenters. The Morgan fingerprint density at radius 3 is 2.78 bits per heavy atom. The van der Waals surface area contributed by atoms with Gasteiger partial charge in [0.2, 0.25) is 0 Å². The zero-order valence-corrected chi connectivity index (χ0v) is 10.5. The smallest absolute Gasteiger partial charge is 0.339 e. The summed E-state index contributed by atoms with van der Waals surface area (Å²) in [6.45, 7) is 0. The molecule has 18 heavy (non-hydrogen) atoms. The Labute approximate surface area is 110 Å². The molecule has 0 saturated carbocycles. The molecule has 0 unspecified atom stereocenters. The summed E-state index contributed by atoms with van der Waals surface area (Å²) < 4.78 is 19.3. The second-order valence-electron chi connectivity index (χ2n) is 3.35. The van der Waals surface area contributed by atoms with E-state index < -0.39 is 11.8 Å². The number of aromatic nitrogens is 1. The van der Waals surface area contributed by atoms with E-state index in [1.54, 1.807) is 6.07 Å². The van der Waals surface area contributed by atoms with Gasteiger partial charge >= 0.3 is 5.97 Å². The summed E-state index contributed by atoms with van der Waals surface area (Å²) >= 11 is 3.12. The molecular weight excluding hydrogens is 305 g/mol. The van der Waals surface area contributed by atoms with Crippen molar-refractivity contribution in [3.05, 3.63) is 52.5 Å². The van der Waals surface area contributed by atoms with Crippen LogP contribution in [0.3, 0.4) is 0 Å². The van der Waals surface area contributed by atoms with E-state index in [4.69, 9.17) is 9.84 Å². The van der Waals surface area contributed by atoms with Crippen LogP contribution >= 0.6 is 15.9 Å². The summed E-state index contributed by atoms with van der Waals surface area (Å²) in [5, 5.41) is 8.95. The average Bonchev–Trinajstić information content (AvgIpc) is 2.33. The molecule has 0 aliphatic heterocycles. The second kappa shape index (κ2) is 5.14. The topological polar surface area (TPSA) is 59.4 Å². The van der Waals surface area contributed by atoms with Gasteiger partial charge in [-0.1, -0.05) is 15.9 Å². The molecular formula is C12H7BrFNO3. The van der Waals surface area contributed by atoms with E-state index in [2.05, 4.69) is 20.9 Å². The molecule has 0 bridgehead atoms. The maximum Gasteiger partial charge on any atom is 0.339 e. The first kappa shape index (κ1) is 12.5. The Bertz CT molecular complexity index is 604. The van der Waals surface area contributed by atoms with Crippen molar-refractivity contribution >= 4 is 21.9 Å². The Kier molecular flexibility index (Phi) is 3.57. The van der Waals surface area contributed by atoms with Gasteiger partial charge in [-0.05, 0) is 24.3 Å². The first-order valence-corrected chi connectivity index (χ1v) is 5.67. The number of nitrogens with zero attached hydrogens (tertiary/aromatic N) is 1. The van der Waals surface area contributed by atoms with Gasteiger partial charge in [0.05, 0.1) is 6.20 Å². The Morgan fingerprint density at radius 1 is 1.33 bits per heavy atom. The first-order chi connectivity index (χ1) is 8.58. The number of carboxylic acids is 1. The van der Waals surface area contributed by atoms with Gasteiger partial charge in [-0.15, -0.1) is 0 Å². The van der Waals surface area contributed by atoms with E-state index >= 15 is 0 Å². The number of benzene rings is 1. The molecule has 1 aromatic heterocycles. The fraction of sp³-hybridized carbons (Fsp3) is 0. The largest absolute Gasteiger partial charge is 0.478 e. The van der Waals surface area contributed by atoms with Crippen LogP contribution in [0.1, 0.15) is 10.4 Å². The molecule has 1 aromatic carbocycles. The van der Waals surface area contributed by atoms with Crippen molar-refractivity contribution in [1.29, 1.82) is 0 Å². The quantitative estimate of drug-likeness (QED) is 0.943. The standard InChI is InChI=1S/C12H7BrFNO3/c13-7-1-2-10(9(14)5-7)18-11-6-15-4-3-8(11)12(16)17/h1-6H,(H,16,17). The molecule has 6 heteroatoms. The highest BCUT2D eigenvalue weighted by Crippen LogP contribution is 2.28. The molecule has 1 heterocycles. The van der Waals surface area contributed by atoms with Crippen LogP contribution < -0.4 is 4.74 Å². The van der Waals surface area contributed by atoms with Crippen molar-refractivity contribution in [2.45, 2.75) is 0 Å². The van der Waals surface area contributed by atoms with Crippen LogP contribution in [0.15, 0.2) is 41.1 Å². The van der Waals surface area contributed by atoms with Crippen molar-refractivity contribution in [2.75, 3.05) is 0 Å². The molecule has 0 spiro atoms. The van der Waals surface area contributed by atoms with Crippen molar-refractivity contribution < 1.29 is 19.0 Å². The van der Waals surface area contributed by atoms with Gasteiger partial charge in [0, 0.05) is 10.7 Å². The van der Waals surface area contributed by atoms with Crippen LogP contribution in [0.4, 0.5) is 4.39 Å². The molecule has 0 fully saturated rings. The van der Waals surface area contributed by atoms with Gasteiger partial charge in [0.25, 0.3) is 0 Å². The van der Waals surface area contributed by atoms with Crippen molar-refractivity contribution in [1.82, 2.24) is 4.98 Å². The van der Waals surface area contributed by atoms with Gasteiger partial charge in [0.1, 0.15) is 5.56 Å². The SMILES string of the molecule is O=C(O)c1ccncc1Oc1ccc(Br)cc1F. The number of carbonyl (C=O) groups is 1. The van der Waals surface area contributed by atoms with Crippen molar-refractivity contribution in [3.8, 4) is 11.5 Å². The van der Waals surface area contributed by atoms with Gasteiger partial charge in [-0.2, -0.15) is 0 Å². The lowest BCUT2D eigenvalue weighted by Crippen LogP contribution is -2.01. The zero-order chi connectivity index (χ0) is 13.1. The fourth-order valence-corrected chi connectivity index (χ4v) is 1.65. The van der Waals surface area contributed by atoms with Gasteiger partial charge in [-0.25, -0.2) is 9.18 Å². The number of halogens is 2. The van der Waals surface area contributed by atoms with Crippen molar-refractivity contribution in [3.63, 3.8) is 0 Å². The highest BCUT2D eigenvalue weighted by Gasteiger charge is 2.13. The lowest BCUT2D eigenvalue weighted by atomic mass is 10.2. The number of rotatable bonds is 3. The molecule has 1 N–H and O–H groups in total. The van der Waals surface area contributed by atoms with Crippen LogP contribution in [0, 0.1) is 5.82 Å². The van der Waals surface area contributed by atoms with Crippen molar-refractivity contribution in [2.24, 2.45) is 0 Å². The van der Waals surface area contributed by atoms with Crippen LogP contribution in [-0.2, 0) is 0 Å². The number of pyridine rings is 1. The van der Waals surface area contributed by atoms with Crippen LogP contribution in [0.5, 0.6) is 11.5 Å². The maximum absolute atomic E-state index is 13.5. The minimum Gasteiger partial charge on any atom is -0.478 e. The van der Waals surface area contributed by atoms with E-state index in [0.29, 0.717) is 4.47 Å². The fourth-order valence-electron chi connectivity index (χ4n) is 1.31. The normalized spacial score (nSPS) is 10.1.